The van der Waals surface area contributed by atoms with Gasteiger partial charge in [-0.3, -0.25) is 9.78 Å². The molecule has 1 N–H and O–H groups in total. The van der Waals surface area contributed by atoms with E-state index in [9.17, 15) is 4.79 Å². The summed E-state index contributed by atoms with van der Waals surface area (Å²) in [4.78, 5) is 15.4. The molecule has 1 heterocycles. The van der Waals surface area contributed by atoms with E-state index in [1.807, 2.05) is 6.07 Å². The molecule has 1 aromatic heterocycles. The van der Waals surface area contributed by atoms with Crippen molar-refractivity contribution in [2.75, 3.05) is 5.32 Å². The molecule has 0 aliphatic rings. The molecule has 0 aliphatic heterocycles. The summed E-state index contributed by atoms with van der Waals surface area (Å²) in [6.45, 7) is 4.16. The highest BCUT2D eigenvalue weighted by molar-refractivity contribution is 5.90. The van der Waals surface area contributed by atoms with Crippen LogP contribution < -0.4 is 5.32 Å². The summed E-state index contributed by atoms with van der Waals surface area (Å²) >= 11 is 0. The van der Waals surface area contributed by atoms with Crippen molar-refractivity contribution >= 4 is 11.6 Å². The highest BCUT2D eigenvalue weighted by Crippen LogP contribution is 2.09. The average Bonchev–Trinajstić information content (AvgIpc) is 2.19. The lowest BCUT2D eigenvalue weighted by molar-refractivity contribution is -0.117. The quantitative estimate of drug-likeness (QED) is 0.800. The van der Waals surface area contributed by atoms with Crippen molar-refractivity contribution in [2.24, 2.45) is 5.92 Å². The third-order valence-electron chi connectivity index (χ3n) is 2.18. The molecule has 0 spiro atoms. The van der Waals surface area contributed by atoms with Gasteiger partial charge in [-0.2, -0.15) is 0 Å². The van der Waals surface area contributed by atoms with E-state index in [-0.39, 0.29) is 7.33 Å². The first-order chi connectivity index (χ1) is 6.72. The number of anilines is 1. The number of rotatable bonds is 4. The molecule has 1 atom stereocenters. The third-order valence-corrected chi connectivity index (χ3v) is 2.18. The molecule has 78 valence electrons. The minimum Gasteiger partial charge on any atom is -0.325 e. The van der Waals surface area contributed by atoms with Crippen LogP contribution in [-0.4, -0.2) is 10.9 Å². The highest BCUT2D eigenvalue weighted by Gasteiger charge is 2.06. The van der Waals surface area contributed by atoms with Crippen LogP contribution in [0.5, 0.6) is 0 Å². The molecule has 3 heteroatoms. The lowest BCUT2D eigenvalue weighted by Gasteiger charge is -2.08. The van der Waals surface area contributed by atoms with Crippen LogP contribution in [-0.2, 0) is 4.79 Å². The summed E-state index contributed by atoms with van der Waals surface area (Å²) in [6.07, 6.45) is 4.94. The summed E-state index contributed by atoms with van der Waals surface area (Å²) in [7, 11) is 0. The molecule has 1 rings (SSSR count). The maximum Gasteiger partial charge on any atom is 0.224 e. The van der Waals surface area contributed by atoms with Crippen molar-refractivity contribution in [3.63, 3.8) is 0 Å². The minimum atomic E-state index is 0. The fourth-order valence-electron chi connectivity index (χ4n) is 1.11. The van der Waals surface area contributed by atoms with E-state index >= 15 is 0 Å². The normalized spacial score (nSPS) is 12.1. The Morgan fingerprint density at radius 2 is 2.50 bits per heavy atom. The van der Waals surface area contributed by atoms with Gasteiger partial charge in [-0.25, -0.2) is 0 Å². The summed E-state index contributed by atoms with van der Waals surface area (Å²) in [5, 5.41) is 2.81. The summed E-state index contributed by atoms with van der Waals surface area (Å²) in [5.41, 5.74) is 0.765. The second-order valence-electron chi connectivity index (χ2n) is 3.51. The van der Waals surface area contributed by atoms with Crippen molar-refractivity contribution in [1.29, 1.82) is 0 Å². The molecule has 1 aromatic rings. The molecular formula is C11H18N2O. The van der Waals surface area contributed by atoms with Crippen LogP contribution >= 0.6 is 0 Å². The van der Waals surface area contributed by atoms with Gasteiger partial charge in [-0.1, -0.05) is 20.3 Å². The van der Waals surface area contributed by atoms with Crippen LogP contribution in [0.2, 0.25) is 0 Å². The van der Waals surface area contributed by atoms with Crippen molar-refractivity contribution in [3.05, 3.63) is 24.5 Å². The Morgan fingerprint density at radius 3 is 3.07 bits per heavy atom. The third kappa shape index (κ3) is 3.56. The highest BCUT2D eigenvalue weighted by atomic mass is 16.1. The topological polar surface area (TPSA) is 42.0 Å². The van der Waals surface area contributed by atoms with Gasteiger partial charge in [0.25, 0.3) is 0 Å². The summed E-state index contributed by atoms with van der Waals surface area (Å²) in [6, 6.07) is 3.64. The van der Waals surface area contributed by atoms with Crippen LogP contribution in [0.3, 0.4) is 0 Å². The number of carbonyl (C=O) groups excluding carboxylic acids is 1. The first-order valence-corrected chi connectivity index (χ1v) is 4.92. The smallest absolute Gasteiger partial charge is 0.224 e. The molecule has 14 heavy (non-hydrogen) atoms. The summed E-state index contributed by atoms with van der Waals surface area (Å²) < 4.78 is 0. The number of carbonyl (C=O) groups is 1. The zero-order valence-corrected chi connectivity index (χ0v) is 8.66. The lowest BCUT2D eigenvalue weighted by atomic mass is 10.1. The van der Waals surface area contributed by atoms with Gasteiger partial charge < -0.3 is 5.32 Å². The molecule has 0 saturated heterocycles. The zero-order chi connectivity index (χ0) is 10.4. The van der Waals surface area contributed by atoms with Crippen molar-refractivity contribution in [3.8, 4) is 0 Å². The van der Waals surface area contributed by atoms with Gasteiger partial charge >= 0.3 is 0 Å². The van der Waals surface area contributed by atoms with Gasteiger partial charge in [0.15, 0.2) is 0 Å². The number of aromatic nitrogens is 1. The zero-order valence-electron chi connectivity index (χ0n) is 8.66. The van der Waals surface area contributed by atoms with E-state index in [0.29, 0.717) is 12.3 Å². The maximum atomic E-state index is 11.4. The largest absolute Gasteiger partial charge is 0.325 e. The van der Waals surface area contributed by atoms with Gasteiger partial charge in [0.05, 0.1) is 11.9 Å². The van der Waals surface area contributed by atoms with Crippen LogP contribution in [0.25, 0.3) is 0 Å². The Labute approximate surface area is 86.0 Å². The number of pyridine rings is 1. The molecule has 3 nitrogen and oxygen atoms in total. The Bertz CT molecular complexity index is 290. The summed E-state index contributed by atoms with van der Waals surface area (Å²) in [5.74, 6) is 0.499. The van der Waals surface area contributed by atoms with Crippen molar-refractivity contribution < 1.29 is 6.22 Å². The van der Waals surface area contributed by atoms with Gasteiger partial charge in [-0.15, -0.1) is 0 Å². The molecule has 0 radical (unpaired) electrons. The Balaban J connectivity index is 0.00000196. The molecule has 0 saturated carbocycles. The number of nitrogens with one attached hydrogen (secondary N) is 1. The second-order valence-corrected chi connectivity index (χ2v) is 3.51. The van der Waals surface area contributed by atoms with Crippen LogP contribution in [0, 0.1) is 5.92 Å². The molecule has 0 fully saturated rings. The molecule has 0 aromatic carbocycles. The van der Waals surface area contributed by atoms with Gasteiger partial charge in [0, 0.05) is 14.0 Å². The Kier molecular flexibility index (Phi) is 4.11. The number of amides is 1. The van der Waals surface area contributed by atoms with E-state index in [4.69, 9.17) is 0 Å². The number of hydrogen-bond acceptors (Lipinski definition) is 2. The molecule has 1 amide bonds. The van der Waals surface area contributed by atoms with Gasteiger partial charge in [-0.05, 0) is 18.1 Å². The monoisotopic (exact) mass is 194 g/mol. The van der Waals surface area contributed by atoms with Crippen LogP contribution in [0.1, 0.15) is 28.1 Å². The van der Waals surface area contributed by atoms with E-state index < -0.39 is 0 Å². The Hall–Kier alpha value is -1.38. The number of hydrogen-bond donors (Lipinski definition) is 1. The van der Waals surface area contributed by atoms with Crippen LogP contribution in [0.15, 0.2) is 24.5 Å². The number of nitrogens with zero attached hydrogens (tertiary/aromatic N) is 1. The van der Waals surface area contributed by atoms with Gasteiger partial charge in [0.2, 0.25) is 5.91 Å². The first-order valence-electron chi connectivity index (χ1n) is 4.92. The molecule has 1 unspecified atom stereocenters. The molecule has 0 aliphatic carbocycles. The van der Waals surface area contributed by atoms with Gasteiger partial charge in [0.1, 0.15) is 0 Å². The fraction of sp³-hybridized carbons (Fsp3) is 0.455. The van der Waals surface area contributed by atoms with E-state index in [0.717, 1.165) is 12.1 Å². The predicted molar refractivity (Wildman–Crippen MR) is 59.1 cm³/mol. The Morgan fingerprint density at radius 1 is 1.71 bits per heavy atom. The SMILES string of the molecule is CCC(C)CC(=O)Nc1cccnc1.[HH]. The first kappa shape index (κ1) is 10.7. The standard InChI is InChI=1S/C11H16N2O.H2/c1-3-9(2)7-11(14)13-10-5-4-6-12-8-10;/h4-6,8-9H,3,7H2,1-2H3,(H,13,14);1H. The lowest BCUT2D eigenvalue weighted by Crippen LogP contribution is -2.14. The maximum absolute atomic E-state index is 11.4. The van der Waals surface area contributed by atoms with Crippen LogP contribution in [0.4, 0.5) is 5.69 Å². The minimum absolute atomic E-state index is 0. The predicted octanol–water partition coefficient (Wildman–Crippen LogP) is 2.70. The molecular weight excluding hydrogens is 176 g/mol. The average molecular weight is 194 g/mol. The second kappa shape index (κ2) is 5.37. The van der Waals surface area contributed by atoms with E-state index in [1.165, 1.54) is 0 Å². The van der Waals surface area contributed by atoms with E-state index in [2.05, 4.69) is 24.1 Å². The van der Waals surface area contributed by atoms with Crippen molar-refractivity contribution in [1.82, 2.24) is 4.98 Å². The van der Waals surface area contributed by atoms with Crippen molar-refractivity contribution in [2.45, 2.75) is 26.7 Å². The van der Waals surface area contributed by atoms with E-state index in [1.54, 1.807) is 18.5 Å². The fourth-order valence-corrected chi connectivity index (χ4v) is 1.11. The molecule has 0 bridgehead atoms.